The molecule has 5 atom stereocenters. The number of rotatable bonds is 4. The van der Waals surface area contributed by atoms with Crippen LogP contribution in [0.25, 0.3) is 0 Å². The van der Waals surface area contributed by atoms with E-state index in [4.69, 9.17) is 14.3 Å². The van der Waals surface area contributed by atoms with Crippen LogP contribution >= 0.6 is 15.6 Å². The third-order valence-electron chi connectivity index (χ3n) is 8.61. The molecule has 2 unspecified atom stereocenters. The monoisotopic (exact) mass is 472 g/mol. The molecular weight excluding hydrogens is 438 g/mol. The summed E-state index contributed by atoms with van der Waals surface area (Å²) in [5.41, 5.74) is 3.99. The Labute approximate surface area is 184 Å². The summed E-state index contributed by atoms with van der Waals surface area (Å²) in [5, 5.41) is 0. The second kappa shape index (κ2) is 7.16. The van der Waals surface area contributed by atoms with Crippen LogP contribution in [0.5, 0.6) is 5.75 Å². The molecule has 3 aliphatic carbocycles. The number of benzene rings is 1. The molecule has 0 spiro atoms. The molecule has 0 radical (unpaired) electrons. The highest BCUT2D eigenvalue weighted by atomic mass is 31.3. The van der Waals surface area contributed by atoms with E-state index in [1.54, 1.807) is 12.1 Å². The first-order valence-electron chi connectivity index (χ1n) is 11.0. The average molecular weight is 472 g/mol. The molecule has 0 aliphatic heterocycles. The highest BCUT2D eigenvalue weighted by Crippen LogP contribution is 2.68. The molecule has 0 amide bonds. The lowest BCUT2D eigenvalue weighted by atomic mass is 9.43. The lowest BCUT2D eigenvalue weighted by Gasteiger charge is -2.61. The number of hydrogen-bond donors (Lipinski definition) is 3. The molecule has 4 rings (SSSR count). The van der Waals surface area contributed by atoms with Gasteiger partial charge in [-0.2, -0.15) is 4.31 Å². The van der Waals surface area contributed by atoms with Crippen LogP contribution in [-0.2, 0) is 25.3 Å². The van der Waals surface area contributed by atoms with E-state index < -0.39 is 15.6 Å². The van der Waals surface area contributed by atoms with Gasteiger partial charge in [-0.25, -0.2) is 9.13 Å². The van der Waals surface area contributed by atoms with Gasteiger partial charge in [0.05, 0.1) is 0 Å². The molecular formula is C22H34O7P2. The Morgan fingerprint density at radius 2 is 1.68 bits per heavy atom. The molecule has 2 fully saturated rings. The van der Waals surface area contributed by atoms with E-state index in [0.29, 0.717) is 17.3 Å². The highest BCUT2D eigenvalue weighted by molar-refractivity contribution is 7.60. The number of fused-ring (bicyclic) bond motifs is 5. The molecule has 0 aromatic heterocycles. The summed E-state index contributed by atoms with van der Waals surface area (Å²) in [6.07, 6.45) is 6.93. The van der Waals surface area contributed by atoms with E-state index in [1.807, 2.05) is 6.92 Å². The molecule has 0 bridgehead atoms. The Hall–Kier alpha value is -0.680. The van der Waals surface area contributed by atoms with Gasteiger partial charge in [-0.05, 0) is 95.9 Å². The molecule has 3 N–H and O–H groups in total. The smallest absolute Gasteiger partial charge is 0.404 e. The average Bonchev–Trinajstić information content (AvgIpc) is 2.85. The minimum absolute atomic E-state index is 0.0436. The lowest BCUT2D eigenvalue weighted by molar-refractivity contribution is -0.0983. The topological polar surface area (TPSA) is 113 Å². The summed E-state index contributed by atoms with van der Waals surface area (Å²) in [6, 6.07) is 3.43. The summed E-state index contributed by atoms with van der Waals surface area (Å²) in [4.78, 5) is 27.5. The highest BCUT2D eigenvalue weighted by Gasteiger charge is 2.61. The summed E-state index contributed by atoms with van der Waals surface area (Å²) in [7, 11) is -10.1. The van der Waals surface area contributed by atoms with Crippen molar-refractivity contribution < 1.29 is 32.6 Å². The zero-order valence-electron chi connectivity index (χ0n) is 18.9. The molecule has 31 heavy (non-hydrogen) atoms. The van der Waals surface area contributed by atoms with Gasteiger partial charge in [-0.1, -0.05) is 34.1 Å². The van der Waals surface area contributed by atoms with Gasteiger partial charge in [0.2, 0.25) is 0 Å². The van der Waals surface area contributed by atoms with Crippen LogP contribution in [0.15, 0.2) is 12.1 Å². The van der Waals surface area contributed by atoms with Crippen molar-refractivity contribution in [2.75, 3.05) is 0 Å². The van der Waals surface area contributed by atoms with Crippen LogP contribution < -0.4 is 4.52 Å². The number of phosphoric ester groups is 1. The van der Waals surface area contributed by atoms with Gasteiger partial charge in [0.15, 0.2) is 0 Å². The molecule has 1 aromatic carbocycles. The maximum Gasteiger partial charge on any atom is 0.536 e. The zero-order chi connectivity index (χ0) is 23.0. The normalized spacial score (nSPS) is 36.1. The first-order chi connectivity index (χ1) is 14.1. The van der Waals surface area contributed by atoms with E-state index in [-0.39, 0.29) is 16.6 Å². The van der Waals surface area contributed by atoms with Crippen molar-refractivity contribution in [3.8, 4) is 5.75 Å². The van der Waals surface area contributed by atoms with Crippen molar-refractivity contribution in [2.24, 2.45) is 22.7 Å². The standard InChI is InChI=1S/C22H34O7P2/c1-14-11-16(28-31(26,27)29-30(23,24)25)12-15-13-18-21(4)9-6-8-20(2,3)17(21)7-10-22(18,5)19(14)15/h11-12,17-18H,6-10,13H2,1-5H3,(H,26,27)(H2,23,24,25)/t17?,18-,21+,22-/m1/s1. The second-order valence-electron chi connectivity index (χ2n) is 11.0. The van der Waals surface area contributed by atoms with Crippen LogP contribution in [0.2, 0.25) is 0 Å². The first kappa shape index (κ1) is 23.5. The fourth-order valence-corrected chi connectivity index (χ4v) is 9.35. The molecule has 0 saturated heterocycles. The number of phosphoric acid groups is 2. The number of aryl methyl sites for hydroxylation is 1. The van der Waals surface area contributed by atoms with Crippen LogP contribution in [0, 0.1) is 29.6 Å². The SMILES string of the molecule is Cc1cc(OP(=O)(O)OP(=O)(O)O)cc2c1[C@]1(C)CCC3C(C)(C)CCC[C@]3(C)[C@H]1C2. The molecule has 2 saturated carbocycles. The summed E-state index contributed by atoms with van der Waals surface area (Å²) in [6.45, 7) is 11.6. The van der Waals surface area contributed by atoms with Gasteiger partial charge in [0.25, 0.3) is 0 Å². The minimum Gasteiger partial charge on any atom is -0.404 e. The quantitative estimate of drug-likeness (QED) is 0.486. The molecule has 0 heterocycles. The molecule has 7 nitrogen and oxygen atoms in total. The largest absolute Gasteiger partial charge is 0.536 e. The van der Waals surface area contributed by atoms with E-state index in [2.05, 4.69) is 32.0 Å². The van der Waals surface area contributed by atoms with Crippen molar-refractivity contribution in [2.45, 2.75) is 78.6 Å². The minimum atomic E-state index is -5.16. The summed E-state index contributed by atoms with van der Waals surface area (Å²) in [5.74, 6) is 1.25. The van der Waals surface area contributed by atoms with Gasteiger partial charge in [-0.3, -0.25) is 4.89 Å². The Morgan fingerprint density at radius 1 is 1.00 bits per heavy atom. The molecule has 174 valence electrons. The first-order valence-corrected chi connectivity index (χ1v) is 14.0. The fourth-order valence-electron chi connectivity index (χ4n) is 7.77. The van der Waals surface area contributed by atoms with Crippen LogP contribution in [0.4, 0.5) is 0 Å². The van der Waals surface area contributed by atoms with Crippen molar-refractivity contribution in [3.63, 3.8) is 0 Å². The predicted octanol–water partition coefficient (Wildman–Crippen LogP) is 5.64. The molecule has 3 aliphatic rings. The lowest BCUT2D eigenvalue weighted by Crippen LogP contribution is -2.55. The van der Waals surface area contributed by atoms with Crippen molar-refractivity contribution in [3.05, 3.63) is 28.8 Å². The van der Waals surface area contributed by atoms with Crippen molar-refractivity contribution >= 4 is 15.6 Å². The van der Waals surface area contributed by atoms with E-state index >= 15 is 0 Å². The van der Waals surface area contributed by atoms with E-state index in [1.165, 1.54) is 31.2 Å². The maximum absolute atomic E-state index is 12.1. The molecule has 1 aromatic rings. The van der Waals surface area contributed by atoms with Crippen molar-refractivity contribution in [1.82, 2.24) is 0 Å². The van der Waals surface area contributed by atoms with Gasteiger partial charge in [-0.15, -0.1) is 0 Å². The summed E-state index contributed by atoms with van der Waals surface area (Å²) < 4.78 is 32.0. The van der Waals surface area contributed by atoms with Gasteiger partial charge < -0.3 is 14.3 Å². The van der Waals surface area contributed by atoms with Crippen LogP contribution in [0.3, 0.4) is 0 Å². The Kier molecular flexibility index (Phi) is 5.42. The van der Waals surface area contributed by atoms with E-state index in [9.17, 15) is 14.0 Å². The maximum atomic E-state index is 12.1. The van der Waals surface area contributed by atoms with Crippen LogP contribution in [0.1, 0.15) is 76.5 Å². The van der Waals surface area contributed by atoms with Crippen LogP contribution in [-0.4, -0.2) is 14.7 Å². The fraction of sp³-hybridized carbons (Fsp3) is 0.727. The Bertz CT molecular complexity index is 1000. The van der Waals surface area contributed by atoms with E-state index in [0.717, 1.165) is 24.0 Å². The summed E-state index contributed by atoms with van der Waals surface area (Å²) >= 11 is 0. The van der Waals surface area contributed by atoms with Crippen molar-refractivity contribution in [1.29, 1.82) is 0 Å². The predicted molar refractivity (Wildman–Crippen MR) is 118 cm³/mol. The second-order valence-corrected chi connectivity index (χ2v) is 13.8. The Balaban J connectivity index is 1.70. The Morgan fingerprint density at radius 3 is 2.32 bits per heavy atom. The third-order valence-corrected chi connectivity index (χ3v) is 10.7. The van der Waals surface area contributed by atoms with Gasteiger partial charge in [0.1, 0.15) is 5.75 Å². The molecule has 9 heteroatoms. The number of hydrogen-bond acceptors (Lipinski definition) is 4. The third kappa shape index (κ3) is 3.96. The van der Waals surface area contributed by atoms with Gasteiger partial charge >= 0.3 is 15.6 Å². The van der Waals surface area contributed by atoms with Gasteiger partial charge in [0, 0.05) is 0 Å². The zero-order valence-corrected chi connectivity index (χ0v) is 20.7.